The summed E-state index contributed by atoms with van der Waals surface area (Å²) in [6.07, 6.45) is 5.60. The van der Waals surface area contributed by atoms with E-state index in [4.69, 9.17) is 0 Å². The van der Waals surface area contributed by atoms with E-state index in [-0.39, 0.29) is 0 Å². The lowest BCUT2D eigenvalue weighted by molar-refractivity contribution is 0.0394. The number of hydrogen-bond acceptors (Lipinski definition) is 2. The first kappa shape index (κ1) is 12.4. The lowest BCUT2D eigenvalue weighted by atomic mass is 9.78. The van der Waals surface area contributed by atoms with E-state index in [2.05, 4.69) is 31.0 Å². The quantitative estimate of drug-likeness (QED) is 0.775. The molecule has 16 heavy (non-hydrogen) atoms. The molecule has 0 amide bonds. The molecule has 1 aliphatic heterocycles. The molecule has 2 nitrogen and oxygen atoms in total. The molecule has 0 radical (unpaired) electrons. The third kappa shape index (κ3) is 2.60. The van der Waals surface area contributed by atoms with Gasteiger partial charge < -0.3 is 5.32 Å². The van der Waals surface area contributed by atoms with Crippen molar-refractivity contribution in [3.8, 4) is 0 Å². The molecular weight excluding hydrogens is 196 g/mol. The van der Waals surface area contributed by atoms with Crippen molar-refractivity contribution in [1.82, 2.24) is 10.2 Å². The van der Waals surface area contributed by atoms with Gasteiger partial charge in [-0.2, -0.15) is 0 Å². The molecule has 0 aromatic heterocycles. The molecule has 94 valence electrons. The zero-order valence-corrected chi connectivity index (χ0v) is 11.2. The Bertz CT molecular complexity index is 217. The van der Waals surface area contributed by atoms with E-state index in [1.54, 1.807) is 0 Å². The Balaban J connectivity index is 1.98. The molecule has 1 heterocycles. The molecule has 2 fully saturated rings. The summed E-state index contributed by atoms with van der Waals surface area (Å²) in [7, 11) is 0. The Morgan fingerprint density at radius 1 is 1.25 bits per heavy atom. The summed E-state index contributed by atoms with van der Waals surface area (Å²) in [5.41, 5.74) is 0. The minimum atomic E-state index is 0.787. The Hall–Kier alpha value is -0.0800. The molecule has 0 bridgehead atoms. The fourth-order valence-electron chi connectivity index (χ4n) is 3.73. The van der Waals surface area contributed by atoms with Crippen LogP contribution >= 0.6 is 0 Å². The summed E-state index contributed by atoms with van der Waals surface area (Å²) in [6, 6.07) is 1.65. The zero-order chi connectivity index (χ0) is 11.5. The summed E-state index contributed by atoms with van der Waals surface area (Å²) in [5.74, 6) is 1.85. The van der Waals surface area contributed by atoms with Gasteiger partial charge in [-0.15, -0.1) is 0 Å². The van der Waals surface area contributed by atoms with Crippen LogP contribution in [0.2, 0.25) is 0 Å². The maximum absolute atomic E-state index is 3.54. The number of piperazine rings is 1. The lowest BCUT2D eigenvalue weighted by Gasteiger charge is -2.46. The van der Waals surface area contributed by atoms with Gasteiger partial charge in [-0.05, 0) is 37.5 Å². The van der Waals surface area contributed by atoms with Crippen molar-refractivity contribution in [2.45, 2.75) is 58.5 Å². The van der Waals surface area contributed by atoms with E-state index in [9.17, 15) is 0 Å². The predicted molar refractivity (Wildman–Crippen MR) is 69.6 cm³/mol. The predicted octanol–water partition coefficient (Wildman–Crippen LogP) is 2.49. The molecule has 0 aromatic carbocycles. The van der Waals surface area contributed by atoms with Gasteiger partial charge in [0.1, 0.15) is 0 Å². The van der Waals surface area contributed by atoms with Gasteiger partial charge in [0.25, 0.3) is 0 Å². The van der Waals surface area contributed by atoms with E-state index in [0.29, 0.717) is 0 Å². The highest BCUT2D eigenvalue weighted by Gasteiger charge is 2.34. The fourth-order valence-corrected chi connectivity index (χ4v) is 3.73. The zero-order valence-electron chi connectivity index (χ0n) is 11.2. The van der Waals surface area contributed by atoms with Crippen molar-refractivity contribution >= 4 is 0 Å². The van der Waals surface area contributed by atoms with Crippen LogP contribution in [-0.4, -0.2) is 36.6 Å². The average molecular weight is 224 g/mol. The third-order valence-electron chi connectivity index (χ3n) is 4.68. The van der Waals surface area contributed by atoms with Gasteiger partial charge in [-0.25, -0.2) is 0 Å². The summed E-state index contributed by atoms with van der Waals surface area (Å²) in [4.78, 5) is 2.81. The average Bonchev–Trinajstić information content (AvgIpc) is 2.29. The highest BCUT2D eigenvalue weighted by atomic mass is 15.2. The van der Waals surface area contributed by atoms with Gasteiger partial charge in [0.2, 0.25) is 0 Å². The molecule has 1 N–H and O–H groups in total. The van der Waals surface area contributed by atoms with Gasteiger partial charge in [-0.1, -0.05) is 20.8 Å². The van der Waals surface area contributed by atoms with Crippen LogP contribution in [0.4, 0.5) is 0 Å². The molecule has 4 unspecified atom stereocenters. The Morgan fingerprint density at radius 3 is 2.75 bits per heavy atom. The van der Waals surface area contributed by atoms with E-state index in [0.717, 1.165) is 23.9 Å². The van der Waals surface area contributed by atoms with Crippen LogP contribution in [0, 0.1) is 11.8 Å². The van der Waals surface area contributed by atoms with Crippen LogP contribution in [-0.2, 0) is 0 Å². The summed E-state index contributed by atoms with van der Waals surface area (Å²) in [6.45, 7) is 10.9. The van der Waals surface area contributed by atoms with Crippen LogP contribution in [0.3, 0.4) is 0 Å². The standard InChI is InChI=1S/C14H28N2/c1-4-13-10-15-7-8-16(13)14-6-5-11(2)9-12(14)3/h11-15H,4-10H2,1-3H3. The van der Waals surface area contributed by atoms with Crippen molar-refractivity contribution in [3.05, 3.63) is 0 Å². The monoisotopic (exact) mass is 224 g/mol. The molecule has 2 aliphatic rings. The first-order valence-electron chi connectivity index (χ1n) is 7.18. The van der Waals surface area contributed by atoms with Crippen molar-refractivity contribution in [1.29, 1.82) is 0 Å². The first-order valence-corrected chi connectivity index (χ1v) is 7.18. The topological polar surface area (TPSA) is 15.3 Å². The van der Waals surface area contributed by atoms with Gasteiger partial charge in [0, 0.05) is 31.7 Å². The number of rotatable bonds is 2. The van der Waals surface area contributed by atoms with Crippen LogP contribution in [0.5, 0.6) is 0 Å². The number of nitrogens with one attached hydrogen (secondary N) is 1. The number of nitrogens with zero attached hydrogens (tertiary/aromatic N) is 1. The van der Waals surface area contributed by atoms with Gasteiger partial charge in [0.05, 0.1) is 0 Å². The Labute approximate surface area is 101 Å². The minimum Gasteiger partial charge on any atom is -0.314 e. The van der Waals surface area contributed by atoms with Crippen LogP contribution in [0.25, 0.3) is 0 Å². The van der Waals surface area contributed by atoms with Gasteiger partial charge in [-0.3, -0.25) is 4.90 Å². The van der Waals surface area contributed by atoms with Crippen LogP contribution in [0.1, 0.15) is 46.5 Å². The highest BCUT2D eigenvalue weighted by molar-refractivity contribution is 4.89. The smallest absolute Gasteiger partial charge is 0.0221 e. The van der Waals surface area contributed by atoms with Crippen molar-refractivity contribution in [2.24, 2.45) is 11.8 Å². The van der Waals surface area contributed by atoms with Crippen molar-refractivity contribution < 1.29 is 0 Å². The summed E-state index contributed by atoms with van der Waals surface area (Å²) >= 11 is 0. The third-order valence-corrected chi connectivity index (χ3v) is 4.68. The summed E-state index contributed by atoms with van der Waals surface area (Å²) < 4.78 is 0. The second-order valence-electron chi connectivity index (χ2n) is 5.97. The van der Waals surface area contributed by atoms with Gasteiger partial charge in [0.15, 0.2) is 0 Å². The van der Waals surface area contributed by atoms with Crippen LogP contribution in [0.15, 0.2) is 0 Å². The lowest BCUT2D eigenvalue weighted by Crippen LogP contribution is -2.57. The van der Waals surface area contributed by atoms with Crippen molar-refractivity contribution in [2.75, 3.05) is 19.6 Å². The second-order valence-corrected chi connectivity index (χ2v) is 5.97. The minimum absolute atomic E-state index is 0.787. The Morgan fingerprint density at radius 2 is 2.06 bits per heavy atom. The maximum atomic E-state index is 3.54. The molecule has 1 saturated carbocycles. The normalized spacial score (nSPS) is 42.2. The second kappa shape index (κ2) is 5.50. The fraction of sp³-hybridized carbons (Fsp3) is 1.00. The van der Waals surface area contributed by atoms with Crippen LogP contribution < -0.4 is 5.32 Å². The number of hydrogen-bond donors (Lipinski definition) is 1. The molecule has 0 aromatic rings. The molecule has 2 rings (SSSR count). The van der Waals surface area contributed by atoms with E-state index in [1.165, 1.54) is 45.3 Å². The Kier molecular flexibility index (Phi) is 4.26. The van der Waals surface area contributed by atoms with E-state index in [1.807, 2.05) is 0 Å². The molecule has 1 aliphatic carbocycles. The van der Waals surface area contributed by atoms with Gasteiger partial charge >= 0.3 is 0 Å². The van der Waals surface area contributed by atoms with E-state index < -0.39 is 0 Å². The molecule has 4 atom stereocenters. The largest absolute Gasteiger partial charge is 0.314 e. The molecular formula is C14H28N2. The van der Waals surface area contributed by atoms with E-state index >= 15 is 0 Å². The first-order chi connectivity index (χ1) is 7.72. The molecule has 2 heteroatoms. The SMILES string of the molecule is CCC1CNCCN1C1CCC(C)CC1C. The molecule has 0 spiro atoms. The highest BCUT2D eigenvalue weighted by Crippen LogP contribution is 2.33. The van der Waals surface area contributed by atoms with Crippen molar-refractivity contribution in [3.63, 3.8) is 0 Å². The molecule has 1 saturated heterocycles. The summed E-state index contributed by atoms with van der Waals surface area (Å²) in [5, 5.41) is 3.54. The maximum Gasteiger partial charge on any atom is 0.0221 e.